The van der Waals surface area contributed by atoms with Gasteiger partial charge >= 0.3 is 0 Å². The SMILES string of the molecule is Oc1cccc2c1N[C@H](c1ccsc1)[C@@H]1CC=C[C@H]21. The van der Waals surface area contributed by atoms with Gasteiger partial charge in [0.25, 0.3) is 0 Å². The van der Waals surface area contributed by atoms with E-state index < -0.39 is 0 Å². The predicted molar refractivity (Wildman–Crippen MR) is 78.8 cm³/mol. The Morgan fingerprint density at radius 2 is 2.21 bits per heavy atom. The van der Waals surface area contributed by atoms with Crippen molar-refractivity contribution in [1.29, 1.82) is 0 Å². The molecule has 1 aliphatic carbocycles. The third-order valence-electron chi connectivity index (χ3n) is 4.28. The van der Waals surface area contributed by atoms with Gasteiger partial charge < -0.3 is 10.4 Å². The number of phenols is 1. The maximum absolute atomic E-state index is 10.1. The van der Waals surface area contributed by atoms with Crippen LogP contribution in [0, 0.1) is 5.92 Å². The van der Waals surface area contributed by atoms with Crippen LogP contribution in [0.15, 0.2) is 47.2 Å². The lowest BCUT2D eigenvalue weighted by molar-refractivity contribution is 0.416. The summed E-state index contributed by atoms with van der Waals surface area (Å²) in [4.78, 5) is 0. The number of aromatic hydroxyl groups is 1. The Labute approximate surface area is 116 Å². The van der Waals surface area contributed by atoms with E-state index in [1.807, 2.05) is 6.07 Å². The van der Waals surface area contributed by atoms with E-state index in [4.69, 9.17) is 0 Å². The number of phenolic OH excluding ortho intramolecular Hbond substituents is 1. The minimum Gasteiger partial charge on any atom is -0.506 e. The van der Waals surface area contributed by atoms with Gasteiger partial charge in [0.05, 0.1) is 11.7 Å². The van der Waals surface area contributed by atoms with Gasteiger partial charge in [-0.3, -0.25) is 0 Å². The lowest BCUT2D eigenvalue weighted by Gasteiger charge is -2.37. The first-order chi connectivity index (χ1) is 9.34. The van der Waals surface area contributed by atoms with Gasteiger partial charge in [-0.15, -0.1) is 0 Å². The summed E-state index contributed by atoms with van der Waals surface area (Å²) in [6.07, 6.45) is 5.67. The van der Waals surface area contributed by atoms with E-state index >= 15 is 0 Å². The molecule has 2 N–H and O–H groups in total. The number of para-hydroxylation sites is 1. The van der Waals surface area contributed by atoms with Crippen molar-refractivity contribution in [2.75, 3.05) is 5.32 Å². The van der Waals surface area contributed by atoms with Crippen molar-refractivity contribution in [3.8, 4) is 5.75 Å². The van der Waals surface area contributed by atoms with Gasteiger partial charge in [-0.05, 0) is 46.4 Å². The Bertz CT molecular complexity index is 632. The van der Waals surface area contributed by atoms with Crippen LogP contribution in [-0.4, -0.2) is 5.11 Å². The fourth-order valence-electron chi connectivity index (χ4n) is 3.39. The molecule has 4 rings (SSSR count). The van der Waals surface area contributed by atoms with Gasteiger partial charge in [0.2, 0.25) is 0 Å². The van der Waals surface area contributed by atoms with Crippen LogP contribution in [0.25, 0.3) is 0 Å². The number of allylic oxidation sites excluding steroid dienone is 2. The molecule has 0 radical (unpaired) electrons. The standard InChI is InChI=1S/C16H15NOS/c18-14-6-2-5-13-11-3-1-4-12(11)15(17-16(13)14)10-7-8-19-9-10/h1-3,5-9,11-12,15,17-18H,4H2/t11-,12+,15+/m0/s1. The van der Waals surface area contributed by atoms with E-state index in [2.05, 4.69) is 40.4 Å². The highest BCUT2D eigenvalue weighted by Gasteiger charge is 2.38. The van der Waals surface area contributed by atoms with Gasteiger partial charge in [0, 0.05) is 5.92 Å². The van der Waals surface area contributed by atoms with Gasteiger partial charge in [-0.2, -0.15) is 11.3 Å². The highest BCUT2D eigenvalue weighted by molar-refractivity contribution is 7.08. The molecule has 2 aliphatic rings. The monoisotopic (exact) mass is 269 g/mol. The lowest BCUT2D eigenvalue weighted by Crippen LogP contribution is -2.28. The Morgan fingerprint density at radius 1 is 1.26 bits per heavy atom. The zero-order chi connectivity index (χ0) is 12.8. The van der Waals surface area contributed by atoms with Crippen molar-refractivity contribution in [2.45, 2.75) is 18.4 Å². The smallest absolute Gasteiger partial charge is 0.138 e. The predicted octanol–water partition coefficient (Wildman–Crippen LogP) is 4.28. The molecule has 19 heavy (non-hydrogen) atoms. The van der Waals surface area contributed by atoms with Crippen molar-refractivity contribution in [1.82, 2.24) is 0 Å². The highest BCUT2D eigenvalue weighted by atomic mass is 32.1. The normalized spacial score (nSPS) is 27.7. The van der Waals surface area contributed by atoms with Crippen LogP contribution in [0.2, 0.25) is 0 Å². The fourth-order valence-corrected chi connectivity index (χ4v) is 4.08. The molecule has 0 saturated heterocycles. The number of anilines is 1. The number of benzene rings is 1. The highest BCUT2D eigenvalue weighted by Crippen LogP contribution is 2.51. The topological polar surface area (TPSA) is 32.3 Å². The van der Waals surface area contributed by atoms with Crippen LogP contribution >= 0.6 is 11.3 Å². The average molecular weight is 269 g/mol. The molecule has 0 saturated carbocycles. The quantitative estimate of drug-likeness (QED) is 0.598. The van der Waals surface area contributed by atoms with Crippen LogP contribution in [0.4, 0.5) is 5.69 Å². The Kier molecular flexibility index (Phi) is 2.42. The summed E-state index contributed by atoms with van der Waals surface area (Å²) in [6.45, 7) is 0. The molecule has 0 fully saturated rings. The molecule has 2 heterocycles. The van der Waals surface area contributed by atoms with E-state index in [1.165, 1.54) is 11.1 Å². The molecular weight excluding hydrogens is 254 g/mol. The number of hydrogen-bond donors (Lipinski definition) is 2. The molecule has 0 bridgehead atoms. The van der Waals surface area contributed by atoms with E-state index in [0.29, 0.717) is 23.6 Å². The second-order valence-corrected chi connectivity index (χ2v) is 6.05. The Hall–Kier alpha value is -1.74. The van der Waals surface area contributed by atoms with E-state index in [0.717, 1.165) is 12.1 Å². The van der Waals surface area contributed by atoms with Crippen molar-refractivity contribution in [3.63, 3.8) is 0 Å². The maximum atomic E-state index is 10.1. The molecule has 3 heteroatoms. The van der Waals surface area contributed by atoms with Gasteiger partial charge in [0.15, 0.2) is 0 Å². The molecule has 2 aromatic rings. The van der Waals surface area contributed by atoms with Crippen LogP contribution in [0.3, 0.4) is 0 Å². The molecule has 0 amide bonds. The Balaban J connectivity index is 1.85. The van der Waals surface area contributed by atoms with Crippen LogP contribution in [0.5, 0.6) is 5.75 Å². The summed E-state index contributed by atoms with van der Waals surface area (Å²) in [6, 6.07) is 8.30. The maximum Gasteiger partial charge on any atom is 0.138 e. The lowest BCUT2D eigenvalue weighted by atomic mass is 9.77. The van der Waals surface area contributed by atoms with Crippen molar-refractivity contribution in [3.05, 3.63) is 58.3 Å². The zero-order valence-electron chi connectivity index (χ0n) is 10.4. The number of hydrogen-bond acceptors (Lipinski definition) is 3. The third-order valence-corrected chi connectivity index (χ3v) is 4.98. The summed E-state index contributed by atoms with van der Waals surface area (Å²) in [7, 11) is 0. The largest absolute Gasteiger partial charge is 0.506 e. The van der Waals surface area contributed by atoms with E-state index in [1.54, 1.807) is 17.4 Å². The second kappa shape index (κ2) is 4.14. The zero-order valence-corrected chi connectivity index (χ0v) is 11.2. The van der Waals surface area contributed by atoms with Gasteiger partial charge in [-0.25, -0.2) is 0 Å². The average Bonchev–Trinajstić information content (AvgIpc) is 3.10. The summed E-state index contributed by atoms with van der Waals surface area (Å²) >= 11 is 1.73. The molecule has 96 valence electrons. The third kappa shape index (κ3) is 1.61. The molecule has 1 aliphatic heterocycles. The molecule has 2 nitrogen and oxygen atoms in total. The summed E-state index contributed by atoms with van der Waals surface area (Å²) < 4.78 is 0. The number of nitrogens with one attached hydrogen (secondary N) is 1. The minimum atomic E-state index is 0.298. The summed E-state index contributed by atoms with van der Waals surface area (Å²) in [5.74, 6) is 1.34. The molecule has 0 spiro atoms. The molecule has 0 unspecified atom stereocenters. The first kappa shape index (κ1) is 11.1. The van der Waals surface area contributed by atoms with Crippen LogP contribution in [0.1, 0.15) is 29.5 Å². The van der Waals surface area contributed by atoms with Crippen molar-refractivity contribution >= 4 is 17.0 Å². The first-order valence-electron chi connectivity index (χ1n) is 6.62. The molecule has 1 aromatic heterocycles. The van der Waals surface area contributed by atoms with E-state index in [-0.39, 0.29) is 0 Å². The first-order valence-corrected chi connectivity index (χ1v) is 7.56. The summed E-state index contributed by atoms with van der Waals surface area (Å²) in [5.41, 5.74) is 3.47. The second-order valence-electron chi connectivity index (χ2n) is 5.27. The van der Waals surface area contributed by atoms with Crippen LogP contribution < -0.4 is 5.32 Å². The number of rotatable bonds is 1. The summed E-state index contributed by atoms with van der Waals surface area (Å²) in [5, 5.41) is 18.0. The Morgan fingerprint density at radius 3 is 3.05 bits per heavy atom. The van der Waals surface area contributed by atoms with Gasteiger partial charge in [-0.1, -0.05) is 24.3 Å². The number of thiophene rings is 1. The minimum absolute atomic E-state index is 0.298. The molecule has 3 atom stereocenters. The molecule has 1 aromatic carbocycles. The van der Waals surface area contributed by atoms with Crippen molar-refractivity contribution < 1.29 is 5.11 Å². The van der Waals surface area contributed by atoms with Crippen LogP contribution in [-0.2, 0) is 0 Å². The van der Waals surface area contributed by atoms with Crippen molar-refractivity contribution in [2.24, 2.45) is 5.92 Å². The van der Waals surface area contributed by atoms with Gasteiger partial charge in [0.1, 0.15) is 5.75 Å². The fraction of sp³-hybridized carbons (Fsp3) is 0.250. The molecular formula is C16H15NOS. The van der Waals surface area contributed by atoms with E-state index in [9.17, 15) is 5.11 Å². The number of fused-ring (bicyclic) bond motifs is 3.